The van der Waals surface area contributed by atoms with E-state index in [1.807, 2.05) is 31.2 Å². The first-order chi connectivity index (χ1) is 9.67. The Morgan fingerprint density at radius 2 is 1.90 bits per heavy atom. The summed E-state index contributed by atoms with van der Waals surface area (Å²) in [6.45, 7) is 5.28. The van der Waals surface area contributed by atoms with Gasteiger partial charge in [-0.15, -0.1) is 0 Å². The second kappa shape index (κ2) is 7.32. The highest BCUT2D eigenvalue weighted by molar-refractivity contribution is 5.90. The molecule has 1 aliphatic rings. The zero-order valence-corrected chi connectivity index (χ0v) is 12.6. The predicted molar refractivity (Wildman–Crippen MR) is 85.0 cm³/mol. The van der Waals surface area contributed by atoms with Crippen LogP contribution < -0.4 is 10.6 Å². The van der Waals surface area contributed by atoms with Gasteiger partial charge in [-0.1, -0.05) is 26.7 Å². The summed E-state index contributed by atoms with van der Waals surface area (Å²) in [5.41, 5.74) is 2.01. The average molecular weight is 274 g/mol. The lowest BCUT2D eigenvalue weighted by Crippen LogP contribution is -2.21. The van der Waals surface area contributed by atoms with Crippen molar-refractivity contribution in [3.8, 4) is 0 Å². The summed E-state index contributed by atoms with van der Waals surface area (Å²) in [7, 11) is 0. The maximum absolute atomic E-state index is 11.3. The summed E-state index contributed by atoms with van der Waals surface area (Å²) in [5, 5.41) is 6.38. The highest BCUT2D eigenvalue weighted by Crippen LogP contribution is 2.28. The molecule has 2 atom stereocenters. The molecule has 1 fully saturated rings. The van der Waals surface area contributed by atoms with Crippen molar-refractivity contribution in [1.82, 2.24) is 0 Å². The molecular formula is C17H26N2O. The van der Waals surface area contributed by atoms with Crippen molar-refractivity contribution >= 4 is 17.3 Å². The van der Waals surface area contributed by atoms with Crippen LogP contribution in [0.25, 0.3) is 0 Å². The van der Waals surface area contributed by atoms with E-state index in [0.717, 1.165) is 29.8 Å². The zero-order chi connectivity index (χ0) is 14.4. The van der Waals surface area contributed by atoms with Crippen LogP contribution in [0.5, 0.6) is 0 Å². The number of hydrogen-bond donors (Lipinski definition) is 2. The van der Waals surface area contributed by atoms with Crippen molar-refractivity contribution in [2.75, 3.05) is 17.2 Å². The SMILES string of the molecule is CCC(=O)Nc1ccc(NCC2CCCC(C)C2)cc1. The van der Waals surface area contributed by atoms with Gasteiger partial charge in [0.05, 0.1) is 0 Å². The van der Waals surface area contributed by atoms with Crippen molar-refractivity contribution in [2.45, 2.75) is 46.0 Å². The third-order valence-electron chi connectivity index (χ3n) is 4.13. The fourth-order valence-corrected chi connectivity index (χ4v) is 2.93. The molecule has 3 heteroatoms. The molecule has 0 aliphatic heterocycles. The van der Waals surface area contributed by atoms with Crippen LogP contribution in [0.4, 0.5) is 11.4 Å². The van der Waals surface area contributed by atoms with Gasteiger partial charge in [0, 0.05) is 24.3 Å². The van der Waals surface area contributed by atoms with Gasteiger partial charge in [-0.2, -0.15) is 0 Å². The first-order valence-corrected chi connectivity index (χ1v) is 7.81. The normalized spacial score (nSPS) is 22.3. The molecule has 2 unspecified atom stereocenters. The fraction of sp³-hybridized carbons (Fsp3) is 0.588. The van der Waals surface area contributed by atoms with Gasteiger partial charge < -0.3 is 10.6 Å². The molecule has 1 aromatic rings. The molecular weight excluding hydrogens is 248 g/mol. The molecule has 0 saturated heterocycles. The van der Waals surface area contributed by atoms with Crippen molar-refractivity contribution < 1.29 is 4.79 Å². The molecule has 0 spiro atoms. The number of carbonyl (C=O) groups is 1. The number of amides is 1. The Bertz CT molecular complexity index is 427. The Hall–Kier alpha value is -1.51. The molecule has 1 amide bonds. The van der Waals surface area contributed by atoms with E-state index in [1.165, 1.54) is 25.7 Å². The molecule has 0 bridgehead atoms. The Morgan fingerprint density at radius 3 is 2.55 bits per heavy atom. The van der Waals surface area contributed by atoms with Gasteiger partial charge in [-0.05, 0) is 48.9 Å². The van der Waals surface area contributed by atoms with Gasteiger partial charge in [0.1, 0.15) is 0 Å². The maximum Gasteiger partial charge on any atom is 0.224 e. The van der Waals surface area contributed by atoms with E-state index in [0.29, 0.717) is 6.42 Å². The Kier molecular flexibility index (Phi) is 5.45. The van der Waals surface area contributed by atoms with Gasteiger partial charge in [-0.25, -0.2) is 0 Å². The second-order valence-corrected chi connectivity index (χ2v) is 6.00. The Labute approximate surface area is 122 Å². The summed E-state index contributed by atoms with van der Waals surface area (Å²) < 4.78 is 0. The molecule has 0 aromatic heterocycles. The highest BCUT2D eigenvalue weighted by atomic mass is 16.1. The molecule has 1 saturated carbocycles. The van der Waals surface area contributed by atoms with E-state index >= 15 is 0 Å². The lowest BCUT2D eigenvalue weighted by atomic mass is 9.82. The van der Waals surface area contributed by atoms with Crippen molar-refractivity contribution in [1.29, 1.82) is 0 Å². The third-order valence-corrected chi connectivity index (χ3v) is 4.13. The summed E-state index contributed by atoms with van der Waals surface area (Å²) in [5.74, 6) is 1.74. The number of carbonyl (C=O) groups excluding carboxylic acids is 1. The van der Waals surface area contributed by atoms with Crippen LogP contribution in [-0.4, -0.2) is 12.5 Å². The fourth-order valence-electron chi connectivity index (χ4n) is 2.93. The van der Waals surface area contributed by atoms with Crippen LogP contribution in [0, 0.1) is 11.8 Å². The number of nitrogens with one attached hydrogen (secondary N) is 2. The summed E-state index contributed by atoms with van der Waals surface area (Å²) in [6, 6.07) is 7.99. The Morgan fingerprint density at radius 1 is 1.20 bits per heavy atom. The summed E-state index contributed by atoms with van der Waals surface area (Å²) >= 11 is 0. The quantitative estimate of drug-likeness (QED) is 0.841. The lowest BCUT2D eigenvalue weighted by Gasteiger charge is -2.27. The van der Waals surface area contributed by atoms with Gasteiger partial charge in [0.25, 0.3) is 0 Å². The molecule has 1 aromatic carbocycles. The molecule has 20 heavy (non-hydrogen) atoms. The number of anilines is 2. The van der Waals surface area contributed by atoms with Crippen LogP contribution in [0.1, 0.15) is 46.0 Å². The van der Waals surface area contributed by atoms with Crippen LogP contribution >= 0.6 is 0 Å². The lowest BCUT2D eigenvalue weighted by molar-refractivity contribution is -0.115. The average Bonchev–Trinajstić information content (AvgIpc) is 2.46. The second-order valence-electron chi connectivity index (χ2n) is 6.00. The van der Waals surface area contributed by atoms with Crippen LogP contribution in [0.15, 0.2) is 24.3 Å². The van der Waals surface area contributed by atoms with Crippen molar-refractivity contribution in [3.05, 3.63) is 24.3 Å². The van der Waals surface area contributed by atoms with Gasteiger partial charge in [-0.3, -0.25) is 4.79 Å². The van der Waals surface area contributed by atoms with E-state index in [1.54, 1.807) is 0 Å². The van der Waals surface area contributed by atoms with Crippen LogP contribution in [0.2, 0.25) is 0 Å². The molecule has 2 rings (SSSR count). The van der Waals surface area contributed by atoms with Crippen LogP contribution in [0.3, 0.4) is 0 Å². The number of benzene rings is 1. The summed E-state index contributed by atoms with van der Waals surface area (Å²) in [4.78, 5) is 11.3. The van der Waals surface area contributed by atoms with E-state index in [4.69, 9.17) is 0 Å². The topological polar surface area (TPSA) is 41.1 Å². The minimum absolute atomic E-state index is 0.0573. The van der Waals surface area contributed by atoms with E-state index in [9.17, 15) is 4.79 Å². The van der Waals surface area contributed by atoms with Crippen molar-refractivity contribution in [2.24, 2.45) is 11.8 Å². The highest BCUT2D eigenvalue weighted by Gasteiger charge is 2.18. The minimum atomic E-state index is 0.0573. The van der Waals surface area contributed by atoms with Gasteiger partial charge in [0.15, 0.2) is 0 Å². The first kappa shape index (κ1) is 14.9. The zero-order valence-electron chi connectivity index (χ0n) is 12.6. The number of rotatable bonds is 5. The molecule has 1 aliphatic carbocycles. The van der Waals surface area contributed by atoms with E-state index < -0.39 is 0 Å². The van der Waals surface area contributed by atoms with Crippen molar-refractivity contribution in [3.63, 3.8) is 0 Å². The molecule has 0 heterocycles. The van der Waals surface area contributed by atoms with E-state index in [2.05, 4.69) is 17.6 Å². The van der Waals surface area contributed by atoms with Crippen LogP contribution in [-0.2, 0) is 4.79 Å². The van der Waals surface area contributed by atoms with Gasteiger partial charge >= 0.3 is 0 Å². The molecule has 2 N–H and O–H groups in total. The minimum Gasteiger partial charge on any atom is -0.385 e. The Balaban J connectivity index is 1.80. The monoisotopic (exact) mass is 274 g/mol. The molecule has 0 radical (unpaired) electrons. The molecule has 3 nitrogen and oxygen atoms in total. The van der Waals surface area contributed by atoms with Gasteiger partial charge in [0.2, 0.25) is 5.91 Å². The predicted octanol–water partition coefficient (Wildman–Crippen LogP) is 4.27. The standard InChI is InChI=1S/C17H26N2O/c1-3-17(20)19-16-9-7-15(8-10-16)18-12-14-6-4-5-13(2)11-14/h7-10,13-14,18H,3-6,11-12H2,1-2H3,(H,19,20). The summed E-state index contributed by atoms with van der Waals surface area (Å²) in [6.07, 6.45) is 5.97. The number of hydrogen-bond acceptors (Lipinski definition) is 2. The first-order valence-electron chi connectivity index (χ1n) is 7.81. The third kappa shape index (κ3) is 4.55. The smallest absolute Gasteiger partial charge is 0.224 e. The molecule has 110 valence electrons. The maximum atomic E-state index is 11.3. The largest absolute Gasteiger partial charge is 0.385 e. The van der Waals surface area contributed by atoms with E-state index in [-0.39, 0.29) is 5.91 Å².